The van der Waals surface area contributed by atoms with E-state index >= 15 is 0 Å². The standard InChI is InChI=1S/C15H17F2NS/c1-10(8-13-4-3-7-19-13)18-11(2)14-6-5-12(16)9-15(14)17/h3-7,9-11,18H,8H2,1-2H3. The summed E-state index contributed by atoms with van der Waals surface area (Å²) < 4.78 is 26.5. The second-order valence-electron chi connectivity index (χ2n) is 4.74. The molecular formula is C15H17F2NS. The molecular weight excluding hydrogens is 264 g/mol. The van der Waals surface area contributed by atoms with Gasteiger partial charge in [-0.15, -0.1) is 11.3 Å². The molecule has 1 nitrogen and oxygen atoms in total. The lowest BCUT2D eigenvalue weighted by Crippen LogP contribution is -2.31. The van der Waals surface area contributed by atoms with Gasteiger partial charge < -0.3 is 5.32 Å². The summed E-state index contributed by atoms with van der Waals surface area (Å²) in [5, 5.41) is 5.39. The molecule has 0 bridgehead atoms. The summed E-state index contributed by atoms with van der Waals surface area (Å²) in [6, 6.07) is 7.92. The monoisotopic (exact) mass is 281 g/mol. The van der Waals surface area contributed by atoms with Gasteiger partial charge in [0.05, 0.1) is 0 Å². The van der Waals surface area contributed by atoms with Crippen LogP contribution in [0.4, 0.5) is 8.78 Å². The van der Waals surface area contributed by atoms with Gasteiger partial charge in [0.1, 0.15) is 11.6 Å². The van der Waals surface area contributed by atoms with E-state index in [1.807, 2.05) is 18.4 Å². The first-order valence-corrected chi connectivity index (χ1v) is 7.17. The Labute approximate surface area is 116 Å². The Morgan fingerprint density at radius 2 is 2.00 bits per heavy atom. The molecule has 4 heteroatoms. The zero-order valence-corrected chi connectivity index (χ0v) is 11.8. The Kier molecular flexibility index (Phi) is 4.66. The van der Waals surface area contributed by atoms with Gasteiger partial charge in [0.15, 0.2) is 0 Å². The highest BCUT2D eigenvalue weighted by Gasteiger charge is 2.14. The molecule has 0 saturated heterocycles. The fraction of sp³-hybridized carbons (Fsp3) is 0.333. The quantitative estimate of drug-likeness (QED) is 0.861. The summed E-state index contributed by atoms with van der Waals surface area (Å²) in [6.07, 6.45) is 0.908. The molecule has 0 saturated carbocycles. The molecule has 1 heterocycles. The van der Waals surface area contributed by atoms with E-state index in [4.69, 9.17) is 0 Å². The lowest BCUT2D eigenvalue weighted by atomic mass is 10.1. The Balaban J connectivity index is 1.98. The van der Waals surface area contributed by atoms with Gasteiger partial charge in [-0.1, -0.05) is 12.1 Å². The van der Waals surface area contributed by atoms with Crippen molar-refractivity contribution >= 4 is 11.3 Å². The van der Waals surface area contributed by atoms with Crippen molar-refractivity contribution < 1.29 is 8.78 Å². The maximum absolute atomic E-state index is 13.7. The maximum atomic E-state index is 13.7. The Morgan fingerprint density at radius 3 is 2.63 bits per heavy atom. The third-order valence-corrected chi connectivity index (χ3v) is 3.95. The fourth-order valence-corrected chi connectivity index (χ4v) is 2.99. The Bertz CT molecular complexity index is 525. The van der Waals surface area contributed by atoms with Crippen LogP contribution in [-0.4, -0.2) is 6.04 Å². The van der Waals surface area contributed by atoms with Crippen LogP contribution in [0, 0.1) is 11.6 Å². The zero-order chi connectivity index (χ0) is 13.8. The first kappa shape index (κ1) is 14.2. The topological polar surface area (TPSA) is 12.0 Å². The van der Waals surface area contributed by atoms with Crippen LogP contribution in [0.5, 0.6) is 0 Å². The molecule has 2 aromatic rings. The van der Waals surface area contributed by atoms with E-state index in [0.717, 1.165) is 12.5 Å². The van der Waals surface area contributed by atoms with E-state index in [1.54, 1.807) is 11.3 Å². The van der Waals surface area contributed by atoms with Crippen molar-refractivity contribution in [1.29, 1.82) is 0 Å². The van der Waals surface area contributed by atoms with Crippen LogP contribution in [0.3, 0.4) is 0 Å². The number of thiophene rings is 1. The third kappa shape index (κ3) is 3.85. The minimum Gasteiger partial charge on any atom is -0.307 e. The predicted octanol–water partition coefficient (Wildman–Crippen LogP) is 4.31. The number of hydrogen-bond donors (Lipinski definition) is 1. The van der Waals surface area contributed by atoms with E-state index in [9.17, 15) is 8.78 Å². The molecule has 0 aliphatic carbocycles. The molecule has 0 aliphatic heterocycles. The van der Waals surface area contributed by atoms with Crippen molar-refractivity contribution in [1.82, 2.24) is 5.32 Å². The highest BCUT2D eigenvalue weighted by molar-refractivity contribution is 7.09. The van der Waals surface area contributed by atoms with E-state index in [0.29, 0.717) is 5.56 Å². The molecule has 0 aliphatic rings. The molecule has 1 aromatic heterocycles. The van der Waals surface area contributed by atoms with Gasteiger partial charge in [0.25, 0.3) is 0 Å². The van der Waals surface area contributed by atoms with E-state index in [2.05, 4.69) is 18.3 Å². The van der Waals surface area contributed by atoms with Gasteiger partial charge in [0, 0.05) is 28.6 Å². The van der Waals surface area contributed by atoms with Crippen molar-refractivity contribution in [2.24, 2.45) is 0 Å². The fourth-order valence-electron chi connectivity index (χ4n) is 2.16. The third-order valence-electron chi connectivity index (χ3n) is 3.05. The van der Waals surface area contributed by atoms with Crippen LogP contribution in [0.15, 0.2) is 35.7 Å². The van der Waals surface area contributed by atoms with Crippen LogP contribution < -0.4 is 5.32 Å². The van der Waals surface area contributed by atoms with Crippen molar-refractivity contribution in [3.8, 4) is 0 Å². The normalized spacial score (nSPS) is 14.3. The highest BCUT2D eigenvalue weighted by atomic mass is 32.1. The summed E-state index contributed by atoms with van der Waals surface area (Å²) in [5.74, 6) is -1.04. The summed E-state index contributed by atoms with van der Waals surface area (Å²) >= 11 is 1.72. The molecule has 2 unspecified atom stereocenters. The van der Waals surface area contributed by atoms with Crippen molar-refractivity contribution in [2.75, 3.05) is 0 Å². The summed E-state index contributed by atoms with van der Waals surface area (Å²) in [4.78, 5) is 1.30. The van der Waals surface area contributed by atoms with Gasteiger partial charge >= 0.3 is 0 Å². The largest absolute Gasteiger partial charge is 0.307 e. The minimum atomic E-state index is -0.542. The minimum absolute atomic E-state index is 0.143. The molecule has 19 heavy (non-hydrogen) atoms. The Morgan fingerprint density at radius 1 is 1.21 bits per heavy atom. The van der Waals surface area contributed by atoms with E-state index in [1.165, 1.54) is 17.0 Å². The molecule has 0 spiro atoms. The van der Waals surface area contributed by atoms with Crippen LogP contribution in [0.25, 0.3) is 0 Å². The number of rotatable bonds is 5. The van der Waals surface area contributed by atoms with Gasteiger partial charge in [-0.3, -0.25) is 0 Å². The second kappa shape index (κ2) is 6.26. The molecule has 0 amide bonds. The number of hydrogen-bond acceptors (Lipinski definition) is 2. The molecule has 0 fully saturated rings. The number of nitrogens with one attached hydrogen (secondary N) is 1. The Hall–Kier alpha value is -1.26. The van der Waals surface area contributed by atoms with Gasteiger partial charge in [0.2, 0.25) is 0 Å². The van der Waals surface area contributed by atoms with E-state index in [-0.39, 0.29) is 12.1 Å². The first-order valence-electron chi connectivity index (χ1n) is 6.29. The van der Waals surface area contributed by atoms with Crippen LogP contribution in [0.1, 0.15) is 30.3 Å². The molecule has 2 atom stereocenters. The number of halogens is 2. The van der Waals surface area contributed by atoms with Gasteiger partial charge in [-0.2, -0.15) is 0 Å². The molecule has 1 N–H and O–H groups in total. The molecule has 2 rings (SSSR count). The van der Waals surface area contributed by atoms with Crippen molar-refractivity contribution in [3.05, 3.63) is 57.8 Å². The summed E-state index contributed by atoms with van der Waals surface area (Å²) in [5.41, 5.74) is 0.499. The summed E-state index contributed by atoms with van der Waals surface area (Å²) in [6.45, 7) is 3.96. The average molecular weight is 281 g/mol. The van der Waals surface area contributed by atoms with Crippen molar-refractivity contribution in [3.63, 3.8) is 0 Å². The second-order valence-corrected chi connectivity index (χ2v) is 5.77. The SMILES string of the molecule is CC(Cc1cccs1)NC(C)c1ccc(F)cc1F. The maximum Gasteiger partial charge on any atom is 0.130 e. The van der Waals surface area contributed by atoms with Gasteiger partial charge in [-0.25, -0.2) is 8.78 Å². The summed E-state index contributed by atoms with van der Waals surface area (Å²) in [7, 11) is 0. The predicted molar refractivity (Wildman–Crippen MR) is 75.4 cm³/mol. The highest BCUT2D eigenvalue weighted by Crippen LogP contribution is 2.19. The van der Waals surface area contributed by atoms with Crippen molar-refractivity contribution in [2.45, 2.75) is 32.4 Å². The lowest BCUT2D eigenvalue weighted by Gasteiger charge is -2.20. The lowest BCUT2D eigenvalue weighted by molar-refractivity contribution is 0.459. The zero-order valence-electron chi connectivity index (χ0n) is 11.0. The van der Waals surface area contributed by atoms with Crippen LogP contribution >= 0.6 is 11.3 Å². The number of benzene rings is 1. The van der Waals surface area contributed by atoms with Crippen LogP contribution in [-0.2, 0) is 6.42 Å². The smallest absolute Gasteiger partial charge is 0.130 e. The van der Waals surface area contributed by atoms with Crippen LogP contribution in [0.2, 0.25) is 0 Å². The first-order chi connectivity index (χ1) is 9.06. The van der Waals surface area contributed by atoms with E-state index < -0.39 is 11.6 Å². The molecule has 1 aromatic carbocycles. The molecule has 0 radical (unpaired) electrons. The average Bonchev–Trinajstić information content (AvgIpc) is 2.81. The van der Waals surface area contributed by atoms with Gasteiger partial charge in [-0.05, 0) is 37.8 Å². The molecule has 102 valence electrons.